The highest BCUT2D eigenvalue weighted by molar-refractivity contribution is 7.13. The van der Waals surface area contributed by atoms with E-state index in [9.17, 15) is 0 Å². The van der Waals surface area contributed by atoms with Gasteiger partial charge in [0.1, 0.15) is 5.51 Å². The predicted octanol–water partition coefficient (Wildman–Crippen LogP) is 1.47. The van der Waals surface area contributed by atoms with Crippen LogP contribution in [0.15, 0.2) is 5.51 Å². The van der Waals surface area contributed by atoms with Crippen molar-refractivity contribution in [1.82, 2.24) is 10.2 Å². The third-order valence-electron chi connectivity index (χ3n) is 2.73. The van der Waals surface area contributed by atoms with Crippen LogP contribution in [-0.2, 0) is 0 Å². The number of nitrogens with one attached hydrogen (secondary N) is 1. The molecule has 5 heteroatoms. The van der Waals surface area contributed by atoms with Gasteiger partial charge in [0.25, 0.3) is 0 Å². The molecule has 1 aromatic heterocycles. The van der Waals surface area contributed by atoms with Crippen molar-refractivity contribution in [2.24, 2.45) is 11.7 Å². The van der Waals surface area contributed by atoms with E-state index in [0.717, 1.165) is 18.1 Å². The van der Waals surface area contributed by atoms with Crippen molar-refractivity contribution in [3.05, 3.63) is 5.51 Å². The maximum absolute atomic E-state index is 5.92. The van der Waals surface area contributed by atoms with Gasteiger partial charge in [-0.2, -0.15) is 0 Å². The summed E-state index contributed by atoms with van der Waals surface area (Å²) in [6, 6.07) is 0.407. The Morgan fingerprint density at radius 2 is 2.50 bits per heavy atom. The van der Waals surface area contributed by atoms with Gasteiger partial charge in [-0.05, 0) is 25.2 Å². The molecule has 0 amide bonds. The van der Waals surface area contributed by atoms with Crippen molar-refractivity contribution in [3.63, 3.8) is 0 Å². The minimum atomic E-state index is 0.407. The smallest absolute Gasteiger partial charge is 0.205 e. The Balaban J connectivity index is 1.75. The lowest BCUT2D eigenvalue weighted by molar-refractivity contribution is 0.335. The van der Waals surface area contributed by atoms with E-state index >= 15 is 0 Å². The zero-order valence-electron chi connectivity index (χ0n) is 8.15. The molecule has 2 unspecified atom stereocenters. The molecule has 14 heavy (non-hydrogen) atoms. The molecule has 1 fully saturated rings. The second-order valence-corrected chi connectivity index (χ2v) is 4.75. The van der Waals surface area contributed by atoms with E-state index in [0.29, 0.717) is 12.0 Å². The number of rotatable bonds is 3. The van der Waals surface area contributed by atoms with Gasteiger partial charge >= 0.3 is 0 Å². The SMILES string of the molecule is NC1CCCC(CNc2nncs2)C1. The van der Waals surface area contributed by atoms with E-state index in [1.54, 1.807) is 16.8 Å². The van der Waals surface area contributed by atoms with Gasteiger partial charge in [-0.1, -0.05) is 17.8 Å². The van der Waals surface area contributed by atoms with Crippen molar-refractivity contribution in [2.75, 3.05) is 11.9 Å². The van der Waals surface area contributed by atoms with Crippen LogP contribution >= 0.6 is 11.3 Å². The number of hydrogen-bond donors (Lipinski definition) is 2. The van der Waals surface area contributed by atoms with Gasteiger partial charge in [-0.15, -0.1) is 10.2 Å². The predicted molar refractivity (Wildman–Crippen MR) is 58.3 cm³/mol. The highest BCUT2D eigenvalue weighted by Gasteiger charge is 2.18. The maximum Gasteiger partial charge on any atom is 0.205 e. The average Bonchev–Trinajstić information content (AvgIpc) is 2.67. The summed E-state index contributed by atoms with van der Waals surface area (Å²) in [5.74, 6) is 0.711. The van der Waals surface area contributed by atoms with Crippen LogP contribution in [0.2, 0.25) is 0 Å². The number of nitrogens with zero attached hydrogens (tertiary/aromatic N) is 2. The third-order valence-corrected chi connectivity index (χ3v) is 3.37. The summed E-state index contributed by atoms with van der Waals surface area (Å²) >= 11 is 1.55. The van der Waals surface area contributed by atoms with E-state index in [4.69, 9.17) is 5.73 Å². The Labute approximate surface area is 87.9 Å². The summed E-state index contributed by atoms with van der Waals surface area (Å²) in [5, 5.41) is 12.0. The fourth-order valence-corrected chi connectivity index (χ4v) is 2.45. The highest BCUT2D eigenvalue weighted by Crippen LogP contribution is 2.23. The molecule has 0 aromatic carbocycles. The van der Waals surface area contributed by atoms with Crippen molar-refractivity contribution < 1.29 is 0 Å². The maximum atomic E-state index is 5.92. The first-order valence-electron chi connectivity index (χ1n) is 5.10. The van der Waals surface area contributed by atoms with Crippen LogP contribution in [0, 0.1) is 5.92 Å². The van der Waals surface area contributed by atoms with Gasteiger partial charge in [0.2, 0.25) is 5.13 Å². The fraction of sp³-hybridized carbons (Fsp3) is 0.778. The summed E-state index contributed by atoms with van der Waals surface area (Å²) in [7, 11) is 0. The molecule has 0 radical (unpaired) electrons. The van der Waals surface area contributed by atoms with Crippen molar-refractivity contribution >= 4 is 16.5 Å². The number of aromatic nitrogens is 2. The van der Waals surface area contributed by atoms with E-state index in [1.165, 1.54) is 19.3 Å². The van der Waals surface area contributed by atoms with Crippen molar-refractivity contribution in [1.29, 1.82) is 0 Å². The molecule has 1 heterocycles. The molecule has 4 nitrogen and oxygen atoms in total. The minimum Gasteiger partial charge on any atom is -0.360 e. The molecule has 0 spiro atoms. The van der Waals surface area contributed by atoms with Crippen LogP contribution in [0.3, 0.4) is 0 Å². The molecule has 1 aromatic rings. The molecule has 0 saturated heterocycles. The molecule has 1 saturated carbocycles. The third kappa shape index (κ3) is 2.65. The summed E-state index contributed by atoms with van der Waals surface area (Å²) in [6.45, 7) is 0.989. The van der Waals surface area contributed by atoms with E-state index in [1.807, 2.05) is 0 Å². The molecule has 78 valence electrons. The van der Waals surface area contributed by atoms with E-state index in [2.05, 4.69) is 15.5 Å². The molecule has 1 aliphatic rings. The normalized spacial score (nSPS) is 27.5. The lowest BCUT2D eigenvalue weighted by Gasteiger charge is -2.26. The monoisotopic (exact) mass is 212 g/mol. The Kier molecular flexibility index (Phi) is 3.31. The van der Waals surface area contributed by atoms with Gasteiger partial charge in [0.15, 0.2) is 0 Å². The second-order valence-electron chi connectivity index (χ2n) is 3.92. The first-order chi connectivity index (χ1) is 6.84. The van der Waals surface area contributed by atoms with Gasteiger partial charge in [-0.3, -0.25) is 0 Å². The Morgan fingerprint density at radius 1 is 1.57 bits per heavy atom. The zero-order valence-corrected chi connectivity index (χ0v) is 8.96. The molecular formula is C9H16N4S. The lowest BCUT2D eigenvalue weighted by atomic mass is 9.86. The highest BCUT2D eigenvalue weighted by atomic mass is 32.1. The molecule has 0 bridgehead atoms. The quantitative estimate of drug-likeness (QED) is 0.796. The number of anilines is 1. The summed E-state index contributed by atoms with van der Waals surface area (Å²) < 4.78 is 0. The van der Waals surface area contributed by atoms with Crippen LogP contribution in [0.25, 0.3) is 0 Å². The topological polar surface area (TPSA) is 63.8 Å². The molecule has 1 aliphatic carbocycles. The van der Waals surface area contributed by atoms with Crippen LogP contribution in [-0.4, -0.2) is 22.8 Å². The molecule has 3 N–H and O–H groups in total. The molecule has 0 aliphatic heterocycles. The molecule has 2 rings (SSSR count). The van der Waals surface area contributed by atoms with Gasteiger partial charge < -0.3 is 11.1 Å². The van der Waals surface area contributed by atoms with E-state index < -0.39 is 0 Å². The lowest BCUT2D eigenvalue weighted by Crippen LogP contribution is -2.30. The van der Waals surface area contributed by atoms with Gasteiger partial charge in [0, 0.05) is 12.6 Å². The summed E-state index contributed by atoms with van der Waals surface area (Å²) in [6.07, 6.45) is 4.89. The number of nitrogens with two attached hydrogens (primary N) is 1. The standard InChI is InChI=1S/C9H16N4S/c10-8-3-1-2-7(4-8)5-11-9-13-12-6-14-9/h6-8H,1-5,10H2,(H,11,13). The second kappa shape index (κ2) is 4.70. The van der Waals surface area contributed by atoms with Gasteiger partial charge in [0.05, 0.1) is 0 Å². The van der Waals surface area contributed by atoms with Gasteiger partial charge in [-0.25, -0.2) is 0 Å². The van der Waals surface area contributed by atoms with Crippen LogP contribution in [0.5, 0.6) is 0 Å². The largest absolute Gasteiger partial charge is 0.360 e. The Bertz CT molecular complexity index is 262. The Morgan fingerprint density at radius 3 is 3.21 bits per heavy atom. The minimum absolute atomic E-state index is 0.407. The van der Waals surface area contributed by atoms with Crippen LogP contribution in [0.1, 0.15) is 25.7 Å². The fourth-order valence-electron chi connectivity index (χ4n) is 2.00. The van der Waals surface area contributed by atoms with Crippen LogP contribution in [0.4, 0.5) is 5.13 Å². The molecule has 2 atom stereocenters. The first-order valence-corrected chi connectivity index (χ1v) is 5.98. The van der Waals surface area contributed by atoms with E-state index in [-0.39, 0.29) is 0 Å². The van der Waals surface area contributed by atoms with Crippen molar-refractivity contribution in [3.8, 4) is 0 Å². The summed E-state index contributed by atoms with van der Waals surface area (Å²) in [4.78, 5) is 0. The molecular weight excluding hydrogens is 196 g/mol. The Hall–Kier alpha value is -0.680. The first kappa shape index (κ1) is 9.86. The summed E-state index contributed by atoms with van der Waals surface area (Å²) in [5.41, 5.74) is 7.67. The zero-order chi connectivity index (χ0) is 9.80. The number of hydrogen-bond acceptors (Lipinski definition) is 5. The van der Waals surface area contributed by atoms with Crippen molar-refractivity contribution in [2.45, 2.75) is 31.7 Å². The van der Waals surface area contributed by atoms with Crippen LogP contribution < -0.4 is 11.1 Å². The average molecular weight is 212 g/mol.